The fraction of sp³-hybridized carbons (Fsp3) is 0.625. The zero-order chi connectivity index (χ0) is 9.97. The Hall–Kier alpha value is 0.680. The van der Waals surface area contributed by atoms with Crippen LogP contribution in [-0.4, -0.2) is 15.5 Å². The van der Waals surface area contributed by atoms with Crippen LogP contribution in [0.1, 0.15) is 17.0 Å². The Morgan fingerprint density at radius 3 is 3.29 bits per heavy atom. The molecule has 1 aliphatic rings. The van der Waals surface area contributed by atoms with Gasteiger partial charge in [0.15, 0.2) is 0 Å². The van der Waals surface area contributed by atoms with Gasteiger partial charge in [-0.25, -0.2) is 0 Å². The van der Waals surface area contributed by atoms with Gasteiger partial charge in [-0.15, -0.1) is 0 Å². The minimum absolute atomic E-state index is 0.518. The molecule has 78 valence electrons. The van der Waals surface area contributed by atoms with Gasteiger partial charge in [-0.1, -0.05) is 0 Å². The van der Waals surface area contributed by atoms with E-state index in [0.717, 1.165) is 18.0 Å². The average Bonchev–Trinajstić information content (AvgIpc) is 2.54. The molecule has 0 bridgehead atoms. The van der Waals surface area contributed by atoms with Crippen LogP contribution in [0.3, 0.4) is 0 Å². The van der Waals surface area contributed by atoms with Crippen LogP contribution in [0.4, 0.5) is 0 Å². The van der Waals surface area contributed by atoms with Gasteiger partial charge in [-0.05, 0) is 34.5 Å². The summed E-state index contributed by atoms with van der Waals surface area (Å²) in [6.07, 6.45) is 0. The van der Waals surface area contributed by atoms with E-state index in [9.17, 15) is 0 Å². The van der Waals surface area contributed by atoms with E-state index in [1.165, 1.54) is 17.0 Å². The first-order valence-electron chi connectivity index (χ1n) is 4.43. The summed E-state index contributed by atoms with van der Waals surface area (Å²) in [6, 6.07) is 0. The molecule has 2 heterocycles. The lowest BCUT2D eigenvalue weighted by molar-refractivity contribution is 0.351. The number of aryl methyl sites for hydroxylation is 1. The van der Waals surface area contributed by atoms with Crippen LogP contribution in [0.2, 0.25) is 0 Å². The van der Waals surface area contributed by atoms with E-state index in [2.05, 4.69) is 38.7 Å². The smallest absolute Gasteiger partial charge is 0.0958 e. The third-order valence-electron chi connectivity index (χ3n) is 2.37. The van der Waals surface area contributed by atoms with Gasteiger partial charge < -0.3 is 4.52 Å². The summed E-state index contributed by atoms with van der Waals surface area (Å²) in [4.78, 5) is 0. The highest BCUT2D eigenvalue weighted by Gasteiger charge is 2.17. The lowest BCUT2D eigenvalue weighted by Gasteiger charge is -2.12. The van der Waals surface area contributed by atoms with Gasteiger partial charge in [-0.3, -0.25) is 4.68 Å². The number of hydrogen-bond donors (Lipinski definition) is 0. The zero-order valence-corrected chi connectivity index (χ0v) is 11.9. The topological polar surface area (TPSA) is 27.1 Å². The van der Waals surface area contributed by atoms with Gasteiger partial charge in [0.1, 0.15) is 0 Å². The molecule has 0 spiro atoms. The van der Waals surface area contributed by atoms with Gasteiger partial charge >= 0.3 is 0 Å². The minimum atomic E-state index is 0.518. The normalized spacial score (nSPS) is 16.4. The second-order valence-electron chi connectivity index (χ2n) is 3.16. The van der Waals surface area contributed by atoms with Crippen molar-refractivity contribution in [3.63, 3.8) is 0 Å². The molecule has 1 unspecified atom stereocenters. The van der Waals surface area contributed by atoms with Crippen molar-refractivity contribution in [3.8, 4) is 0 Å². The highest BCUT2D eigenvalue weighted by atomic mass is 127. The monoisotopic (exact) mass is 342 g/mol. The SMILES string of the molecule is Cc1c(COPI)nn2c1CSCC2. The number of hydrogen-bond acceptors (Lipinski definition) is 3. The van der Waals surface area contributed by atoms with E-state index in [4.69, 9.17) is 4.52 Å². The fourth-order valence-electron chi connectivity index (χ4n) is 1.56. The number of nitrogens with zero attached hydrogens (tertiary/aromatic N) is 2. The Kier molecular flexibility index (Phi) is 4.10. The van der Waals surface area contributed by atoms with Crippen molar-refractivity contribution in [2.45, 2.75) is 25.8 Å². The standard InChI is InChI=1S/C8H12IN2OPS/c1-6-7(4-12-13-9)10-11-2-3-14-5-8(6)11/h13H,2-5H2,1H3. The van der Waals surface area contributed by atoms with Gasteiger partial charge in [0.2, 0.25) is 0 Å². The molecule has 6 heteroatoms. The van der Waals surface area contributed by atoms with Crippen LogP contribution in [0.5, 0.6) is 0 Å². The lowest BCUT2D eigenvalue weighted by atomic mass is 10.2. The fourth-order valence-corrected chi connectivity index (χ4v) is 3.23. The van der Waals surface area contributed by atoms with E-state index in [1.807, 2.05) is 11.8 Å². The molecule has 1 aliphatic heterocycles. The quantitative estimate of drug-likeness (QED) is 0.624. The van der Waals surface area contributed by atoms with Crippen molar-refractivity contribution in [1.29, 1.82) is 0 Å². The van der Waals surface area contributed by atoms with Crippen LogP contribution in [-0.2, 0) is 23.4 Å². The van der Waals surface area contributed by atoms with Crippen molar-refractivity contribution in [2.24, 2.45) is 0 Å². The Morgan fingerprint density at radius 1 is 1.71 bits per heavy atom. The molecule has 3 nitrogen and oxygen atoms in total. The summed E-state index contributed by atoms with van der Waals surface area (Å²) in [6.45, 7) is 4.38. The molecule has 0 radical (unpaired) electrons. The summed E-state index contributed by atoms with van der Waals surface area (Å²) in [5.74, 6) is 2.29. The maximum absolute atomic E-state index is 5.41. The van der Waals surface area contributed by atoms with Crippen LogP contribution in [0.25, 0.3) is 0 Å². The third-order valence-corrected chi connectivity index (χ3v) is 4.50. The van der Waals surface area contributed by atoms with Crippen molar-refractivity contribution in [3.05, 3.63) is 17.0 Å². The van der Waals surface area contributed by atoms with Crippen LogP contribution < -0.4 is 0 Å². The molecular weight excluding hydrogens is 330 g/mol. The third kappa shape index (κ3) is 2.26. The summed E-state index contributed by atoms with van der Waals surface area (Å²) < 4.78 is 7.55. The van der Waals surface area contributed by atoms with E-state index in [-0.39, 0.29) is 0 Å². The van der Waals surface area contributed by atoms with E-state index >= 15 is 0 Å². The summed E-state index contributed by atoms with van der Waals surface area (Å²) in [5.41, 5.74) is 3.83. The molecule has 1 atom stereocenters. The minimum Gasteiger partial charge on any atom is -0.345 e. The van der Waals surface area contributed by atoms with Gasteiger partial charge in [0, 0.05) is 11.5 Å². The molecule has 0 aliphatic carbocycles. The van der Waals surface area contributed by atoms with Crippen molar-refractivity contribution >= 4 is 40.3 Å². The second-order valence-corrected chi connectivity index (χ2v) is 6.03. The molecule has 14 heavy (non-hydrogen) atoms. The number of rotatable bonds is 3. The van der Waals surface area contributed by atoms with E-state index < -0.39 is 0 Å². The predicted octanol–water partition coefficient (Wildman–Crippen LogP) is 2.90. The first kappa shape index (κ1) is 11.2. The first-order valence-corrected chi connectivity index (χ1v) is 9.61. The highest BCUT2D eigenvalue weighted by Crippen LogP contribution is 2.27. The van der Waals surface area contributed by atoms with Crippen molar-refractivity contribution in [1.82, 2.24) is 9.78 Å². The summed E-state index contributed by atoms with van der Waals surface area (Å²) in [7, 11) is 0. The van der Waals surface area contributed by atoms with Gasteiger partial charge in [-0.2, -0.15) is 16.9 Å². The van der Waals surface area contributed by atoms with Gasteiger partial charge in [0.25, 0.3) is 0 Å². The zero-order valence-electron chi connectivity index (χ0n) is 7.92. The predicted molar refractivity (Wildman–Crippen MR) is 70.3 cm³/mol. The number of aromatic nitrogens is 2. The molecule has 0 saturated carbocycles. The maximum atomic E-state index is 5.41. The molecule has 0 saturated heterocycles. The number of halogens is 1. The molecular formula is C8H12IN2OPS. The average molecular weight is 342 g/mol. The second kappa shape index (κ2) is 5.14. The van der Waals surface area contributed by atoms with Crippen LogP contribution in [0.15, 0.2) is 0 Å². The number of thioether (sulfide) groups is 1. The molecule has 0 N–H and O–H groups in total. The molecule has 0 aromatic carbocycles. The Labute approximate surface area is 103 Å². The Bertz CT molecular complexity index is 331. The molecule has 1 aromatic rings. The van der Waals surface area contributed by atoms with Gasteiger partial charge in [0.05, 0.1) is 31.0 Å². The molecule has 2 rings (SSSR count). The lowest BCUT2D eigenvalue weighted by Crippen LogP contribution is -2.11. The van der Waals surface area contributed by atoms with E-state index in [1.54, 1.807) is 0 Å². The molecule has 1 aromatic heterocycles. The molecule has 0 fully saturated rings. The van der Waals surface area contributed by atoms with Crippen molar-refractivity contribution in [2.75, 3.05) is 5.75 Å². The molecule has 0 amide bonds. The van der Waals surface area contributed by atoms with E-state index in [0.29, 0.717) is 13.1 Å². The Balaban J connectivity index is 2.20. The summed E-state index contributed by atoms with van der Waals surface area (Å²) in [5, 5.41) is 4.57. The first-order chi connectivity index (χ1) is 6.83. The number of fused-ring (bicyclic) bond motifs is 1. The largest absolute Gasteiger partial charge is 0.345 e. The summed E-state index contributed by atoms with van der Waals surface area (Å²) >= 11 is 4.23. The Morgan fingerprint density at radius 2 is 2.57 bits per heavy atom. The maximum Gasteiger partial charge on any atom is 0.0958 e. The van der Waals surface area contributed by atoms with Crippen LogP contribution in [0, 0.1) is 6.92 Å². The highest BCUT2D eigenvalue weighted by molar-refractivity contribution is 14.2. The van der Waals surface area contributed by atoms with Crippen molar-refractivity contribution < 1.29 is 4.52 Å². The van der Waals surface area contributed by atoms with Crippen LogP contribution >= 0.6 is 40.3 Å².